The predicted molar refractivity (Wildman–Crippen MR) is 379 cm³/mol. The van der Waals surface area contributed by atoms with Crippen LogP contribution >= 0.6 is 0 Å². The number of carbonyl (C=O) groups excluding carboxylic acids is 15. The summed E-state index contributed by atoms with van der Waals surface area (Å²) in [5.41, 5.74) is 16.8. The van der Waals surface area contributed by atoms with Crippen LogP contribution in [0.5, 0.6) is 0 Å². The molecule has 1 saturated heterocycles. The van der Waals surface area contributed by atoms with Gasteiger partial charge in [-0.25, -0.2) is 0 Å². The molecule has 1 fully saturated rings. The van der Waals surface area contributed by atoms with Crippen LogP contribution in [-0.2, 0) is 97.5 Å². The van der Waals surface area contributed by atoms with Gasteiger partial charge in [0.1, 0.15) is 78.5 Å². The Morgan fingerprint density at radius 3 is 1.26 bits per heavy atom. The number of likely N-dealkylation sites (tertiary alicyclic amines) is 1. The normalized spacial score (nSPS) is 16.9. The molecule has 1 heterocycles. The molecule has 0 saturated carbocycles. The van der Waals surface area contributed by atoms with Crippen LogP contribution in [0.15, 0.2) is 30.3 Å². The van der Waals surface area contributed by atoms with Crippen molar-refractivity contribution in [3.05, 3.63) is 35.9 Å². The molecule has 0 radical (unpaired) electrons. The number of nitrogens with zero attached hydrogens (tertiary/aromatic N) is 1. The van der Waals surface area contributed by atoms with Crippen molar-refractivity contribution in [1.29, 1.82) is 0 Å². The van der Waals surface area contributed by atoms with E-state index in [1.54, 1.807) is 39.0 Å². The molecule has 1 aromatic rings. The van der Waals surface area contributed by atoms with Crippen LogP contribution in [-0.4, -0.2) is 275 Å². The van der Waals surface area contributed by atoms with Gasteiger partial charge >= 0.3 is 23.9 Å². The molecule has 17 atom stereocenters. The fourth-order valence-corrected chi connectivity index (χ4v) is 10.9. The molecule has 26 N–H and O–H groups in total. The van der Waals surface area contributed by atoms with Crippen molar-refractivity contribution in [2.75, 3.05) is 19.8 Å². The van der Waals surface area contributed by atoms with E-state index in [1.165, 1.54) is 19.1 Å². The van der Waals surface area contributed by atoms with Crippen LogP contribution in [0.1, 0.15) is 138 Å². The highest BCUT2D eigenvalue weighted by Crippen LogP contribution is 2.20. The molecule has 43 nitrogen and oxygen atoms in total. The van der Waals surface area contributed by atoms with E-state index in [0.717, 1.165) is 25.7 Å². The van der Waals surface area contributed by atoms with Crippen molar-refractivity contribution >= 4 is 112 Å². The number of amides is 15. The number of primary amides is 2. The second kappa shape index (κ2) is 47.0. The number of carbonyl (C=O) groups is 19. The largest absolute Gasteiger partial charge is 0.481 e. The van der Waals surface area contributed by atoms with Crippen LogP contribution in [0.3, 0.4) is 0 Å². The Morgan fingerprint density at radius 2 is 0.836 bits per heavy atom. The minimum atomic E-state index is -2.04. The van der Waals surface area contributed by atoms with Crippen LogP contribution in [0.2, 0.25) is 0 Å². The minimum Gasteiger partial charge on any atom is -0.481 e. The van der Waals surface area contributed by atoms with Crippen molar-refractivity contribution in [2.24, 2.45) is 29.0 Å². The number of aliphatic carboxylic acids is 4. The number of carboxylic acids is 4. The lowest BCUT2D eigenvalue weighted by molar-refractivity contribution is -0.142. The Hall–Kier alpha value is -11.0. The lowest BCUT2D eigenvalue weighted by atomic mass is 9.96. The van der Waals surface area contributed by atoms with Gasteiger partial charge in [-0.3, -0.25) is 91.1 Å². The number of benzene rings is 1. The lowest BCUT2D eigenvalue weighted by Crippen LogP contribution is -2.63. The average molecular weight is 1570 g/mol. The molecule has 0 aromatic heterocycles. The summed E-state index contributed by atoms with van der Waals surface area (Å²) in [6, 6.07) is -16.8. The van der Waals surface area contributed by atoms with E-state index >= 15 is 0 Å². The van der Waals surface area contributed by atoms with Gasteiger partial charge in [-0.2, -0.15) is 0 Å². The molecule has 1 aliphatic rings. The number of hydrogen-bond donors (Lipinski definition) is 23. The SMILES string of the molecule is CC[C@H](C)[C@H](NC(=O)[C@@H](NC(=O)[C@H](Cc1ccccc1)NC(=O)[C@H](CCC(=O)O)NC(=O)[C@H](CO)NC(=O)[C@@H]1CCCN1C(=O)[C@@H](N)CCC(N)=O)[C@@H](C)O)C(=O)N[C@@H](CCC(=O)O)C(=O)N[C@@H](CO)C(=O)N[C@@H](CC(C)C)C(=O)N[C@@H](CCC(=O)O)C(=O)N[C@@H](CC(N)=O)C(=O)N[C@H](C(=O)N[C@@H](C)C(=O)O)[C@@H](C)O. The first-order valence-corrected chi connectivity index (χ1v) is 35.2. The Kier molecular flexibility index (Phi) is 40.6. The van der Waals surface area contributed by atoms with E-state index in [2.05, 4.69) is 58.5 Å². The van der Waals surface area contributed by atoms with E-state index in [0.29, 0.717) is 12.0 Å². The Bertz CT molecular complexity index is 3440. The standard InChI is InChI=1S/C67H104N16O27/c1-8-31(4)51(80-65(107)53(34(7)87)82-58(100)41(26-35-13-10-9-11-14-35)76-54(96)38(18-22-49(92)93)73-60(102)44(29-85)79-62(104)45-15-12-24-83(45)66(108)36(68)16-20-46(69)88)63(105)74-39(19-23-50(94)95)56(98)78-43(28-84)61(103)75-40(25-30(2)3)57(99)72-37(17-21-48(90)91)55(97)77-42(27-47(70)89)59(101)81-52(33(6)86)64(106)71-32(5)67(109)110/h9-11,13-14,30-34,36-45,51-53,84-87H,8,12,15-29,68H2,1-7H3,(H2,69,88)(H2,70,89)(H,71,106)(H,72,99)(H,73,102)(H,74,105)(H,75,103)(H,76,96)(H,77,97)(H,78,98)(H,79,104)(H,80,107)(H,81,101)(H,82,100)(H,90,91)(H,92,93)(H,94,95)(H,109,110)/t31-,32-,33+,34+,36-,37-,38-,39-,40-,41-,42-,43-,44-,45-,51-,52-,53-/m0/s1. The van der Waals surface area contributed by atoms with Gasteiger partial charge < -0.3 is 127 Å². The van der Waals surface area contributed by atoms with Crippen LogP contribution in [0.25, 0.3) is 0 Å². The number of aliphatic hydroxyl groups excluding tert-OH is 4. The molecule has 614 valence electrons. The lowest BCUT2D eigenvalue weighted by Gasteiger charge is -2.30. The van der Waals surface area contributed by atoms with Gasteiger partial charge in [0.2, 0.25) is 88.6 Å². The van der Waals surface area contributed by atoms with Crippen LogP contribution < -0.4 is 81.0 Å². The maximum Gasteiger partial charge on any atom is 0.325 e. The molecular weight excluding hydrogens is 1460 g/mol. The first kappa shape index (κ1) is 95.0. The molecule has 1 aromatic carbocycles. The van der Waals surface area contributed by atoms with Gasteiger partial charge in [-0.1, -0.05) is 64.4 Å². The first-order chi connectivity index (χ1) is 51.5. The molecule has 0 bridgehead atoms. The first-order valence-electron chi connectivity index (χ1n) is 35.2. The van der Waals surface area contributed by atoms with E-state index in [-0.39, 0.29) is 45.1 Å². The van der Waals surface area contributed by atoms with Crippen LogP contribution in [0.4, 0.5) is 0 Å². The quantitative estimate of drug-likeness (QED) is 0.0288. The highest BCUT2D eigenvalue weighted by Gasteiger charge is 2.42. The van der Waals surface area contributed by atoms with Gasteiger partial charge in [0.15, 0.2) is 0 Å². The third kappa shape index (κ3) is 32.8. The average Bonchev–Trinajstić information content (AvgIpc) is 1.56. The second-order valence-electron chi connectivity index (χ2n) is 26.8. The zero-order chi connectivity index (χ0) is 83.6. The van der Waals surface area contributed by atoms with Crippen molar-refractivity contribution in [2.45, 2.75) is 235 Å². The molecule has 43 heteroatoms. The van der Waals surface area contributed by atoms with Crippen LogP contribution in [0, 0.1) is 11.8 Å². The van der Waals surface area contributed by atoms with E-state index < -0.39 is 279 Å². The summed E-state index contributed by atoms with van der Waals surface area (Å²) in [4.78, 5) is 252. The third-order valence-corrected chi connectivity index (χ3v) is 17.3. The Labute approximate surface area is 630 Å². The van der Waals surface area contributed by atoms with Crippen molar-refractivity contribution in [3.63, 3.8) is 0 Å². The monoisotopic (exact) mass is 1560 g/mol. The predicted octanol–water partition coefficient (Wildman–Crippen LogP) is -8.96. The molecule has 15 amide bonds. The number of nitrogens with one attached hydrogen (secondary N) is 12. The molecule has 110 heavy (non-hydrogen) atoms. The smallest absolute Gasteiger partial charge is 0.325 e. The molecule has 0 spiro atoms. The molecule has 2 rings (SSSR count). The van der Waals surface area contributed by atoms with Crippen molar-refractivity contribution in [3.8, 4) is 0 Å². The molecule has 1 aliphatic heterocycles. The fourth-order valence-electron chi connectivity index (χ4n) is 10.9. The summed E-state index contributed by atoms with van der Waals surface area (Å²) in [5.74, 6) is -24.8. The molecule has 0 aliphatic carbocycles. The van der Waals surface area contributed by atoms with E-state index in [9.17, 15) is 132 Å². The Balaban J connectivity index is 2.48. The van der Waals surface area contributed by atoms with E-state index in [1.807, 2.05) is 5.32 Å². The van der Waals surface area contributed by atoms with Gasteiger partial charge in [-0.15, -0.1) is 0 Å². The maximum absolute atomic E-state index is 14.5. The third-order valence-electron chi connectivity index (χ3n) is 17.3. The van der Waals surface area contributed by atoms with Gasteiger partial charge in [-0.05, 0) is 83.1 Å². The fraction of sp³-hybridized carbons (Fsp3) is 0.627. The second-order valence-corrected chi connectivity index (χ2v) is 26.8. The van der Waals surface area contributed by atoms with Gasteiger partial charge in [0.25, 0.3) is 0 Å². The van der Waals surface area contributed by atoms with Crippen molar-refractivity contribution in [1.82, 2.24) is 68.7 Å². The number of rotatable bonds is 50. The summed E-state index contributed by atoms with van der Waals surface area (Å²) in [6.07, 6.45) is -9.72. The summed E-state index contributed by atoms with van der Waals surface area (Å²) in [7, 11) is 0. The van der Waals surface area contributed by atoms with E-state index in [4.69, 9.17) is 17.2 Å². The number of aliphatic hydroxyl groups is 4. The summed E-state index contributed by atoms with van der Waals surface area (Å²) >= 11 is 0. The van der Waals surface area contributed by atoms with Gasteiger partial charge in [0, 0.05) is 38.6 Å². The number of hydrogen-bond acceptors (Lipinski definition) is 24. The van der Waals surface area contributed by atoms with Crippen molar-refractivity contribution < 1.29 is 132 Å². The maximum atomic E-state index is 14.5. The highest BCUT2D eigenvalue weighted by atomic mass is 16.4. The van der Waals surface area contributed by atoms with Gasteiger partial charge in [0.05, 0.1) is 37.9 Å². The summed E-state index contributed by atoms with van der Waals surface area (Å²) in [6.45, 7) is 6.99. The summed E-state index contributed by atoms with van der Waals surface area (Å²) < 4.78 is 0. The topological polar surface area (TPSA) is 712 Å². The Morgan fingerprint density at radius 1 is 0.455 bits per heavy atom. The zero-order valence-electron chi connectivity index (χ0n) is 61.8. The number of nitrogens with two attached hydrogens (primary N) is 3. The highest BCUT2D eigenvalue weighted by molar-refractivity contribution is 6.01. The zero-order valence-corrected chi connectivity index (χ0v) is 61.8. The summed E-state index contributed by atoms with van der Waals surface area (Å²) in [5, 5.41) is 107. The number of carboxylic acid groups (broad SMARTS) is 4. The molecular formula is C67H104N16O27. The molecule has 0 unspecified atom stereocenters. The minimum absolute atomic E-state index is 0.0632.